The number of hydrogen-bond acceptors (Lipinski definition) is 4. The van der Waals surface area contributed by atoms with Gasteiger partial charge in [-0.3, -0.25) is 0 Å². The first kappa shape index (κ1) is 14.2. The van der Waals surface area contributed by atoms with E-state index in [1.54, 1.807) is 6.07 Å². The van der Waals surface area contributed by atoms with Gasteiger partial charge in [0.2, 0.25) is 0 Å². The summed E-state index contributed by atoms with van der Waals surface area (Å²) >= 11 is 0. The van der Waals surface area contributed by atoms with Crippen LogP contribution < -0.4 is 10.6 Å². The molecule has 4 nitrogen and oxygen atoms in total. The highest BCUT2D eigenvalue weighted by atomic mass is 19.1. The number of aromatic nitrogens is 2. The predicted molar refractivity (Wildman–Crippen MR) is 75.0 cm³/mol. The summed E-state index contributed by atoms with van der Waals surface area (Å²) in [6.07, 6.45) is 1.33. The molecule has 0 amide bonds. The quantitative estimate of drug-likeness (QED) is 0.898. The van der Waals surface area contributed by atoms with E-state index in [4.69, 9.17) is 0 Å². The lowest BCUT2D eigenvalue weighted by Crippen LogP contribution is -2.26. The Hall–Kier alpha value is -2.24. The lowest BCUT2D eigenvalue weighted by molar-refractivity contribution is 0.590. The van der Waals surface area contributed by atoms with E-state index >= 15 is 0 Å². The fraction of sp³-hybridized carbons (Fsp3) is 0.286. The molecule has 1 aromatic carbocycles. The van der Waals surface area contributed by atoms with Crippen LogP contribution in [0, 0.1) is 11.6 Å². The van der Waals surface area contributed by atoms with Gasteiger partial charge in [-0.1, -0.05) is 6.07 Å². The fourth-order valence-corrected chi connectivity index (χ4v) is 1.62. The minimum Gasteiger partial charge on any atom is -0.365 e. The number of nitrogens with zero attached hydrogens (tertiary/aromatic N) is 2. The van der Waals surface area contributed by atoms with Crippen molar-refractivity contribution in [2.45, 2.75) is 26.3 Å². The highest BCUT2D eigenvalue weighted by Crippen LogP contribution is 2.23. The molecule has 0 spiro atoms. The molecule has 1 heterocycles. The molecular weight excluding hydrogens is 262 g/mol. The maximum Gasteiger partial charge on any atom is 0.149 e. The van der Waals surface area contributed by atoms with E-state index in [1.165, 1.54) is 24.5 Å². The smallest absolute Gasteiger partial charge is 0.149 e. The van der Waals surface area contributed by atoms with Gasteiger partial charge in [0, 0.05) is 11.6 Å². The number of halogens is 2. The van der Waals surface area contributed by atoms with Crippen LogP contribution in [0.15, 0.2) is 30.6 Å². The van der Waals surface area contributed by atoms with Crippen LogP contribution in [0.3, 0.4) is 0 Å². The van der Waals surface area contributed by atoms with Gasteiger partial charge in [-0.05, 0) is 32.9 Å². The molecule has 0 atom stereocenters. The average molecular weight is 278 g/mol. The van der Waals surface area contributed by atoms with Crippen molar-refractivity contribution in [3.05, 3.63) is 42.2 Å². The van der Waals surface area contributed by atoms with Crippen LogP contribution in [0.2, 0.25) is 0 Å². The standard InChI is InChI=1S/C14H16F2N4/c1-14(2,3)20-12-7-11(17-8-18-12)19-13-9(15)5-4-6-10(13)16/h4-8H,1-3H3,(H2,17,18,19,20). The number of nitrogens with one attached hydrogen (secondary N) is 2. The van der Waals surface area contributed by atoms with E-state index in [0.29, 0.717) is 11.6 Å². The number of rotatable bonds is 3. The van der Waals surface area contributed by atoms with Crippen molar-refractivity contribution in [1.82, 2.24) is 9.97 Å². The Labute approximate surface area is 116 Å². The fourth-order valence-electron chi connectivity index (χ4n) is 1.62. The minimum atomic E-state index is -0.672. The number of anilines is 3. The van der Waals surface area contributed by atoms with Crippen LogP contribution in [0.4, 0.5) is 26.1 Å². The Kier molecular flexibility index (Phi) is 3.83. The Balaban J connectivity index is 2.24. The second kappa shape index (κ2) is 5.40. The monoisotopic (exact) mass is 278 g/mol. The first-order valence-electron chi connectivity index (χ1n) is 6.16. The van der Waals surface area contributed by atoms with Crippen LogP contribution >= 0.6 is 0 Å². The highest BCUT2D eigenvalue weighted by Gasteiger charge is 2.12. The van der Waals surface area contributed by atoms with Crippen LogP contribution in [0.1, 0.15) is 20.8 Å². The van der Waals surface area contributed by atoms with E-state index < -0.39 is 11.6 Å². The normalized spacial score (nSPS) is 11.2. The zero-order valence-corrected chi connectivity index (χ0v) is 11.5. The summed E-state index contributed by atoms with van der Waals surface area (Å²) < 4.78 is 27.1. The van der Waals surface area contributed by atoms with E-state index in [-0.39, 0.29) is 11.2 Å². The van der Waals surface area contributed by atoms with Crippen LogP contribution in [-0.4, -0.2) is 15.5 Å². The van der Waals surface area contributed by atoms with Gasteiger partial charge in [-0.2, -0.15) is 0 Å². The van der Waals surface area contributed by atoms with Crippen molar-refractivity contribution in [2.75, 3.05) is 10.6 Å². The van der Waals surface area contributed by atoms with Crippen molar-refractivity contribution >= 4 is 17.3 Å². The highest BCUT2D eigenvalue weighted by molar-refractivity contribution is 5.60. The summed E-state index contributed by atoms with van der Waals surface area (Å²) in [5.74, 6) is -0.453. The van der Waals surface area contributed by atoms with E-state index in [0.717, 1.165) is 0 Å². The third kappa shape index (κ3) is 3.63. The molecule has 6 heteroatoms. The third-order valence-electron chi connectivity index (χ3n) is 2.39. The zero-order valence-electron chi connectivity index (χ0n) is 11.5. The van der Waals surface area contributed by atoms with Gasteiger partial charge in [-0.15, -0.1) is 0 Å². The molecule has 0 aliphatic carbocycles. The molecule has 0 unspecified atom stereocenters. The van der Waals surface area contributed by atoms with Crippen LogP contribution in [-0.2, 0) is 0 Å². The lowest BCUT2D eigenvalue weighted by Gasteiger charge is -2.21. The molecule has 0 radical (unpaired) electrons. The zero-order chi connectivity index (χ0) is 14.8. The molecule has 20 heavy (non-hydrogen) atoms. The SMILES string of the molecule is CC(C)(C)Nc1cc(Nc2c(F)cccc2F)ncn1. The van der Waals surface area contributed by atoms with Gasteiger partial charge in [0.1, 0.15) is 35.3 Å². The first-order chi connectivity index (χ1) is 9.35. The van der Waals surface area contributed by atoms with Crippen LogP contribution in [0.25, 0.3) is 0 Å². The molecule has 1 aromatic heterocycles. The topological polar surface area (TPSA) is 49.8 Å². The van der Waals surface area contributed by atoms with E-state index in [9.17, 15) is 8.78 Å². The maximum atomic E-state index is 13.5. The van der Waals surface area contributed by atoms with Crippen molar-refractivity contribution in [1.29, 1.82) is 0 Å². The predicted octanol–water partition coefficient (Wildman–Crippen LogP) is 3.71. The van der Waals surface area contributed by atoms with Gasteiger partial charge < -0.3 is 10.6 Å². The molecule has 0 fully saturated rings. The summed E-state index contributed by atoms with van der Waals surface area (Å²) in [6, 6.07) is 5.27. The second-order valence-corrected chi connectivity index (χ2v) is 5.39. The minimum absolute atomic E-state index is 0.172. The van der Waals surface area contributed by atoms with Gasteiger partial charge >= 0.3 is 0 Å². The Morgan fingerprint density at radius 2 is 1.60 bits per heavy atom. The molecule has 2 aromatic rings. The molecule has 106 valence electrons. The summed E-state index contributed by atoms with van der Waals surface area (Å²) in [5.41, 5.74) is -0.401. The number of para-hydroxylation sites is 1. The van der Waals surface area contributed by atoms with Crippen molar-refractivity contribution in [3.63, 3.8) is 0 Å². The van der Waals surface area contributed by atoms with Crippen molar-refractivity contribution in [3.8, 4) is 0 Å². The van der Waals surface area contributed by atoms with Crippen LogP contribution in [0.5, 0.6) is 0 Å². The summed E-state index contributed by atoms with van der Waals surface area (Å²) in [4.78, 5) is 8.01. The van der Waals surface area contributed by atoms with Gasteiger partial charge in [0.15, 0.2) is 0 Å². The molecule has 2 N–H and O–H groups in total. The molecule has 0 aliphatic rings. The number of benzene rings is 1. The molecule has 0 saturated carbocycles. The van der Waals surface area contributed by atoms with Crippen molar-refractivity contribution in [2.24, 2.45) is 0 Å². The lowest BCUT2D eigenvalue weighted by atomic mass is 10.1. The van der Waals surface area contributed by atoms with E-state index in [1.807, 2.05) is 20.8 Å². The van der Waals surface area contributed by atoms with Gasteiger partial charge in [-0.25, -0.2) is 18.7 Å². The maximum absolute atomic E-state index is 13.5. The van der Waals surface area contributed by atoms with E-state index in [2.05, 4.69) is 20.6 Å². The summed E-state index contributed by atoms with van der Waals surface area (Å²) in [7, 11) is 0. The molecular formula is C14H16F2N4. The number of hydrogen-bond donors (Lipinski definition) is 2. The Morgan fingerprint density at radius 3 is 2.20 bits per heavy atom. The first-order valence-corrected chi connectivity index (χ1v) is 6.16. The second-order valence-electron chi connectivity index (χ2n) is 5.39. The van der Waals surface area contributed by atoms with Gasteiger partial charge in [0.05, 0.1) is 0 Å². The average Bonchev–Trinajstić information content (AvgIpc) is 2.32. The molecule has 0 aliphatic heterocycles. The third-order valence-corrected chi connectivity index (χ3v) is 2.39. The van der Waals surface area contributed by atoms with Crippen molar-refractivity contribution < 1.29 is 8.78 Å². The Morgan fingerprint density at radius 1 is 1.00 bits per heavy atom. The molecule has 2 rings (SSSR count). The molecule has 0 bridgehead atoms. The summed E-state index contributed by atoms with van der Waals surface area (Å²) in [6.45, 7) is 5.95. The van der Waals surface area contributed by atoms with Gasteiger partial charge in [0.25, 0.3) is 0 Å². The largest absolute Gasteiger partial charge is 0.365 e. The summed E-state index contributed by atoms with van der Waals surface area (Å²) in [5, 5.41) is 5.78. The Bertz CT molecular complexity index is 588. The molecule has 0 saturated heterocycles.